The summed E-state index contributed by atoms with van der Waals surface area (Å²) < 4.78 is 32.3. The van der Waals surface area contributed by atoms with Gasteiger partial charge in [-0.1, -0.05) is 24.3 Å². The van der Waals surface area contributed by atoms with Crippen molar-refractivity contribution in [2.24, 2.45) is 0 Å². The van der Waals surface area contributed by atoms with Crippen LogP contribution >= 0.6 is 0 Å². The Bertz CT molecular complexity index is 1190. The number of rotatable bonds is 8. The number of carbonyl (C=O) groups excluding carboxylic acids is 1. The van der Waals surface area contributed by atoms with Crippen LogP contribution in [0.4, 0.5) is 0 Å². The largest absolute Gasteiger partial charge is 0.497 e. The Morgan fingerprint density at radius 3 is 2.87 bits per heavy atom. The summed E-state index contributed by atoms with van der Waals surface area (Å²) in [4.78, 5) is 15.4. The Balaban J connectivity index is 1.25. The minimum Gasteiger partial charge on any atom is -0.497 e. The maximum atomic E-state index is 12.8. The van der Waals surface area contributed by atoms with Crippen LogP contribution in [-0.4, -0.2) is 49.6 Å². The molecule has 2 heterocycles. The number of aromatic amines is 1. The number of fused-ring (bicyclic) bond motifs is 2. The molecule has 8 heteroatoms. The lowest BCUT2D eigenvalue weighted by Crippen LogP contribution is -2.38. The molecule has 0 radical (unpaired) electrons. The second-order valence-electron chi connectivity index (χ2n) is 7.77. The molecule has 1 amide bonds. The zero-order chi connectivity index (χ0) is 21.8. The molecule has 2 N–H and O–H groups in total. The molecular weight excluding hydrogens is 414 g/mol. The molecule has 0 atom stereocenters. The SMILES string of the molecule is COc1ccc2c(c1)CCN(S(=O)(=O)CCCNC(=O)Cc1c[nH]c3ccccc13)C2. The fourth-order valence-corrected chi connectivity index (χ4v) is 5.47. The highest BCUT2D eigenvalue weighted by atomic mass is 32.2. The first-order valence-corrected chi connectivity index (χ1v) is 12.0. The van der Waals surface area contributed by atoms with E-state index in [0.717, 1.165) is 33.3 Å². The molecule has 31 heavy (non-hydrogen) atoms. The molecule has 0 bridgehead atoms. The summed E-state index contributed by atoms with van der Waals surface area (Å²) in [6, 6.07) is 13.6. The van der Waals surface area contributed by atoms with Crippen molar-refractivity contribution in [1.29, 1.82) is 0 Å². The zero-order valence-corrected chi connectivity index (χ0v) is 18.4. The average Bonchev–Trinajstić information content (AvgIpc) is 3.18. The highest BCUT2D eigenvalue weighted by Crippen LogP contribution is 2.25. The van der Waals surface area contributed by atoms with Gasteiger partial charge in [0.1, 0.15) is 5.75 Å². The summed E-state index contributed by atoms with van der Waals surface area (Å²) in [5.74, 6) is 0.702. The predicted octanol–water partition coefficient (Wildman–Crippen LogP) is 2.61. The van der Waals surface area contributed by atoms with Crippen LogP contribution in [0, 0.1) is 0 Å². The van der Waals surface area contributed by atoms with Crippen LogP contribution in [0.5, 0.6) is 5.75 Å². The van der Waals surface area contributed by atoms with Crippen molar-refractivity contribution in [3.63, 3.8) is 0 Å². The third kappa shape index (κ3) is 4.91. The second-order valence-corrected chi connectivity index (χ2v) is 9.86. The van der Waals surface area contributed by atoms with Crippen LogP contribution in [-0.2, 0) is 34.2 Å². The van der Waals surface area contributed by atoms with Crippen molar-refractivity contribution in [3.8, 4) is 5.75 Å². The molecule has 3 aromatic rings. The van der Waals surface area contributed by atoms with E-state index in [-0.39, 0.29) is 18.1 Å². The molecule has 0 aliphatic carbocycles. The van der Waals surface area contributed by atoms with E-state index in [4.69, 9.17) is 4.74 Å². The van der Waals surface area contributed by atoms with E-state index in [1.807, 2.05) is 48.7 Å². The molecule has 7 nitrogen and oxygen atoms in total. The van der Waals surface area contributed by atoms with Gasteiger partial charge in [-0.2, -0.15) is 4.31 Å². The number of nitrogens with one attached hydrogen (secondary N) is 2. The Morgan fingerprint density at radius 1 is 1.19 bits per heavy atom. The van der Waals surface area contributed by atoms with E-state index in [9.17, 15) is 13.2 Å². The van der Waals surface area contributed by atoms with Crippen molar-refractivity contribution in [2.75, 3.05) is 26.0 Å². The molecule has 1 aliphatic heterocycles. The highest BCUT2D eigenvalue weighted by Gasteiger charge is 2.26. The van der Waals surface area contributed by atoms with Crippen LogP contribution in [0.25, 0.3) is 10.9 Å². The number of H-pyrrole nitrogens is 1. The van der Waals surface area contributed by atoms with E-state index in [1.54, 1.807) is 7.11 Å². The van der Waals surface area contributed by atoms with Crippen LogP contribution in [0.2, 0.25) is 0 Å². The molecule has 1 aliphatic rings. The number of hydrogen-bond acceptors (Lipinski definition) is 4. The molecule has 0 fully saturated rings. The van der Waals surface area contributed by atoms with Crippen molar-refractivity contribution in [1.82, 2.24) is 14.6 Å². The Labute approximate surface area is 182 Å². The predicted molar refractivity (Wildman–Crippen MR) is 121 cm³/mol. The number of ether oxygens (including phenoxy) is 1. The number of benzene rings is 2. The maximum Gasteiger partial charge on any atom is 0.224 e. The van der Waals surface area contributed by atoms with Crippen molar-refractivity contribution < 1.29 is 17.9 Å². The van der Waals surface area contributed by atoms with E-state index in [0.29, 0.717) is 32.5 Å². The summed E-state index contributed by atoms with van der Waals surface area (Å²) in [5, 5.41) is 3.87. The molecule has 0 saturated heterocycles. The van der Waals surface area contributed by atoms with Crippen molar-refractivity contribution in [3.05, 3.63) is 65.4 Å². The number of amides is 1. The van der Waals surface area contributed by atoms with Gasteiger partial charge in [0.15, 0.2) is 0 Å². The molecule has 0 saturated carbocycles. The van der Waals surface area contributed by atoms with Crippen LogP contribution in [0.15, 0.2) is 48.7 Å². The first-order valence-electron chi connectivity index (χ1n) is 10.4. The van der Waals surface area contributed by atoms with Crippen LogP contribution in [0.1, 0.15) is 23.1 Å². The molecule has 2 aromatic carbocycles. The number of methoxy groups -OCH3 is 1. The quantitative estimate of drug-likeness (QED) is 0.526. The van der Waals surface area contributed by atoms with Gasteiger partial charge in [0.05, 0.1) is 19.3 Å². The number of nitrogens with zero attached hydrogens (tertiary/aromatic N) is 1. The van der Waals surface area contributed by atoms with Gasteiger partial charge in [-0.15, -0.1) is 0 Å². The second kappa shape index (κ2) is 9.11. The first kappa shape index (κ1) is 21.4. The van der Waals surface area contributed by atoms with Gasteiger partial charge in [-0.3, -0.25) is 4.79 Å². The van der Waals surface area contributed by atoms with Crippen molar-refractivity contribution in [2.45, 2.75) is 25.8 Å². The minimum atomic E-state index is -3.37. The van der Waals surface area contributed by atoms with Gasteiger partial charge in [0, 0.05) is 36.7 Å². The molecular formula is C23H27N3O4S. The van der Waals surface area contributed by atoms with Gasteiger partial charge in [-0.05, 0) is 47.7 Å². The fraction of sp³-hybridized carbons (Fsp3) is 0.348. The monoisotopic (exact) mass is 441 g/mol. The summed E-state index contributed by atoms with van der Waals surface area (Å²) in [5.41, 5.74) is 4.08. The van der Waals surface area contributed by atoms with E-state index in [2.05, 4.69) is 10.3 Å². The average molecular weight is 442 g/mol. The summed E-state index contributed by atoms with van der Waals surface area (Å²) in [6.07, 6.45) is 3.17. The number of carbonyl (C=O) groups is 1. The van der Waals surface area contributed by atoms with E-state index >= 15 is 0 Å². The standard InChI is InChI=1S/C23H27N3O4S/c1-30-20-8-7-18-16-26(11-9-17(18)13-20)31(28,29)12-4-10-24-23(27)14-19-15-25-22-6-3-2-5-21(19)22/h2-3,5-8,13,15,25H,4,9-12,14,16H2,1H3,(H,24,27). The highest BCUT2D eigenvalue weighted by molar-refractivity contribution is 7.89. The lowest BCUT2D eigenvalue weighted by Gasteiger charge is -2.28. The van der Waals surface area contributed by atoms with Gasteiger partial charge in [0.25, 0.3) is 0 Å². The molecule has 0 unspecified atom stereocenters. The van der Waals surface area contributed by atoms with E-state index in [1.165, 1.54) is 4.31 Å². The number of aromatic nitrogens is 1. The maximum absolute atomic E-state index is 12.8. The normalized spacial score (nSPS) is 14.4. The summed E-state index contributed by atoms with van der Waals surface area (Å²) in [7, 11) is -1.75. The van der Waals surface area contributed by atoms with Gasteiger partial charge < -0.3 is 15.0 Å². The third-order valence-electron chi connectivity index (χ3n) is 5.71. The smallest absolute Gasteiger partial charge is 0.224 e. The van der Waals surface area contributed by atoms with Gasteiger partial charge >= 0.3 is 0 Å². The Hall–Kier alpha value is -2.84. The number of sulfonamides is 1. The van der Waals surface area contributed by atoms with Crippen LogP contribution in [0.3, 0.4) is 0 Å². The molecule has 1 aromatic heterocycles. The first-order chi connectivity index (χ1) is 15.0. The molecule has 164 valence electrons. The van der Waals surface area contributed by atoms with Crippen LogP contribution < -0.4 is 10.1 Å². The Kier molecular flexibility index (Phi) is 6.29. The number of hydrogen-bond donors (Lipinski definition) is 2. The summed E-state index contributed by atoms with van der Waals surface area (Å²) >= 11 is 0. The topological polar surface area (TPSA) is 91.5 Å². The zero-order valence-electron chi connectivity index (χ0n) is 17.6. The summed E-state index contributed by atoms with van der Waals surface area (Å²) in [6.45, 7) is 1.19. The fourth-order valence-electron chi connectivity index (χ4n) is 3.99. The molecule has 4 rings (SSSR count). The van der Waals surface area contributed by atoms with Gasteiger partial charge in [0.2, 0.25) is 15.9 Å². The third-order valence-corrected chi connectivity index (χ3v) is 7.61. The lowest BCUT2D eigenvalue weighted by molar-refractivity contribution is -0.120. The molecule has 0 spiro atoms. The minimum absolute atomic E-state index is 0.0197. The van der Waals surface area contributed by atoms with Crippen molar-refractivity contribution >= 4 is 26.8 Å². The van der Waals surface area contributed by atoms with Gasteiger partial charge in [-0.25, -0.2) is 8.42 Å². The lowest BCUT2D eigenvalue weighted by atomic mass is 10.0. The van der Waals surface area contributed by atoms with E-state index < -0.39 is 10.0 Å². The number of para-hydroxylation sites is 1. The Morgan fingerprint density at radius 2 is 2.03 bits per heavy atom.